The summed E-state index contributed by atoms with van der Waals surface area (Å²) in [6.45, 7) is 10.0. The van der Waals surface area contributed by atoms with Crippen LogP contribution < -0.4 is 0 Å². The number of likely N-dealkylation sites (tertiary alicyclic amines) is 1. The molecule has 0 aliphatic carbocycles. The zero-order valence-electron chi connectivity index (χ0n) is 15.7. The van der Waals surface area contributed by atoms with Crippen LogP contribution in [0.15, 0.2) is 12.4 Å². The Labute approximate surface area is 155 Å². The Hall–Kier alpha value is -0.990. The maximum atomic E-state index is 5.78. The van der Waals surface area contributed by atoms with Crippen LogP contribution in [0.5, 0.6) is 0 Å². The zero-order chi connectivity index (χ0) is 17.8. The van der Waals surface area contributed by atoms with Crippen LogP contribution in [0.1, 0.15) is 31.5 Å². The second-order valence-corrected chi connectivity index (χ2v) is 7.78. The van der Waals surface area contributed by atoms with Gasteiger partial charge in [0, 0.05) is 37.9 Å². The molecule has 1 aromatic rings. The molecule has 3 saturated heterocycles. The summed E-state index contributed by atoms with van der Waals surface area (Å²) in [5.41, 5.74) is 0. The molecule has 7 heteroatoms. The molecule has 7 nitrogen and oxygen atoms in total. The van der Waals surface area contributed by atoms with E-state index >= 15 is 0 Å². The summed E-state index contributed by atoms with van der Waals surface area (Å²) < 4.78 is 24.7. The minimum absolute atomic E-state index is 0.0502. The van der Waals surface area contributed by atoms with Crippen molar-refractivity contribution in [3.8, 4) is 0 Å². The molecule has 3 aliphatic heterocycles. The largest absolute Gasteiger partial charge is 0.355 e. The number of aromatic nitrogens is 2. The fourth-order valence-electron chi connectivity index (χ4n) is 4.28. The molecule has 4 rings (SSSR count). The Balaban J connectivity index is 1.28. The van der Waals surface area contributed by atoms with Crippen LogP contribution in [0, 0.1) is 11.8 Å². The number of ether oxygens (including phenoxy) is 4. The molecule has 1 aromatic heterocycles. The highest BCUT2D eigenvalue weighted by atomic mass is 16.7. The van der Waals surface area contributed by atoms with Crippen molar-refractivity contribution in [1.29, 1.82) is 0 Å². The number of hydrogen-bond donors (Lipinski definition) is 0. The molecule has 3 fully saturated rings. The molecule has 146 valence electrons. The SMILES string of the molecule is CCC1OCC(c2nccn2CC2CCN(CC3COCOC3)C2)CO1. The maximum Gasteiger partial charge on any atom is 0.157 e. The highest BCUT2D eigenvalue weighted by Gasteiger charge is 2.29. The van der Waals surface area contributed by atoms with Gasteiger partial charge in [0.05, 0.1) is 32.3 Å². The summed E-state index contributed by atoms with van der Waals surface area (Å²) in [5, 5.41) is 0. The van der Waals surface area contributed by atoms with Crippen LogP contribution in [-0.2, 0) is 25.5 Å². The van der Waals surface area contributed by atoms with E-state index in [1.54, 1.807) is 0 Å². The van der Waals surface area contributed by atoms with Crippen LogP contribution in [0.3, 0.4) is 0 Å². The lowest BCUT2D eigenvalue weighted by Gasteiger charge is -2.29. The van der Waals surface area contributed by atoms with Crippen LogP contribution in [0.4, 0.5) is 0 Å². The van der Waals surface area contributed by atoms with Crippen molar-refractivity contribution >= 4 is 0 Å². The summed E-state index contributed by atoms with van der Waals surface area (Å²) in [5.74, 6) is 2.52. The Morgan fingerprint density at radius 3 is 2.65 bits per heavy atom. The zero-order valence-corrected chi connectivity index (χ0v) is 15.7. The molecule has 1 unspecified atom stereocenters. The Morgan fingerprint density at radius 1 is 1.08 bits per heavy atom. The maximum absolute atomic E-state index is 5.78. The van der Waals surface area contributed by atoms with E-state index in [1.165, 1.54) is 13.0 Å². The summed E-state index contributed by atoms with van der Waals surface area (Å²) in [6.07, 6.45) is 6.10. The molecule has 0 aromatic carbocycles. The van der Waals surface area contributed by atoms with Gasteiger partial charge < -0.3 is 28.4 Å². The molecular weight excluding hydrogens is 334 g/mol. The van der Waals surface area contributed by atoms with Gasteiger partial charge in [0.25, 0.3) is 0 Å². The monoisotopic (exact) mass is 365 g/mol. The first-order valence-electron chi connectivity index (χ1n) is 9.94. The molecule has 0 radical (unpaired) electrons. The highest BCUT2D eigenvalue weighted by molar-refractivity contribution is 5.02. The van der Waals surface area contributed by atoms with Gasteiger partial charge in [0.15, 0.2) is 6.29 Å². The minimum atomic E-state index is -0.0502. The molecule has 3 aliphatic rings. The first-order chi connectivity index (χ1) is 12.8. The molecular formula is C19H31N3O4. The van der Waals surface area contributed by atoms with E-state index in [2.05, 4.69) is 27.6 Å². The third-order valence-corrected chi connectivity index (χ3v) is 5.63. The third-order valence-electron chi connectivity index (χ3n) is 5.63. The molecule has 0 saturated carbocycles. The third kappa shape index (κ3) is 4.46. The fourth-order valence-corrected chi connectivity index (χ4v) is 4.28. The summed E-state index contributed by atoms with van der Waals surface area (Å²) in [7, 11) is 0. The van der Waals surface area contributed by atoms with Crippen molar-refractivity contribution in [3.63, 3.8) is 0 Å². The van der Waals surface area contributed by atoms with Crippen LogP contribution in [-0.4, -0.2) is 73.6 Å². The molecule has 4 heterocycles. The van der Waals surface area contributed by atoms with E-state index < -0.39 is 0 Å². The van der Waals surface area contributed by atoms with Gasteiger partial charge in [-0.1, -0.05) is 6.92 Å². The van der Waals surface area contributed by atoms with Crippen LogP contribution >= 0.6 is 0 Å². The molecule has 1 atom stereocenters. The summed E-state index contributed by atoms with van der Waals surface area (Å²) in [4.78, 5) is 7.16. The van der Waals surface area contributed by atoms with E-state index in [0.29, 0.717) is 31.8 Å². The van der Waals surface area contributed by atoms with Gasteiger partial charge in [-0.2, -0.15) is 0 Å². The second-order valence-electron chi connectivity index (χ2n) is 7.78. The Kier molecular flexibility index (Phi) is 6.22. The van der Waals surface area contributed by atoms with Gasteiger partial charge >= 0.3 is 0 Å². The first kappa shape index (κ1) is 18.4. The lowest BCUT2D eigenvalue weighted by atomic mass is 10.1. The predicted molar refractivity (Wildman–Crippen MR) is 95.8 cm³/mol. The topological polar surface area (TPSA) is 58.0 Å². The van der Waals surface area contributed by atoms with E-state index in [9.17, 15) is 0 Å². The molecule has 0 spiro atoms. The summed E-state index contributed by atoms with van der Waals surface area (Å²) in [6, 6.07) is 0. The first-order valence-corrected chi connectivity index (χ1v) is 9.94. The van der Waals surface area contributed by atoms with E-state index in [1.807, 2.05) is 6.20 Å². The molecule has 0 N–H and O–H groups in total. The Morgan fingerprint density at radius 2 is 1.88 bits per heavy atom. The van der Waals surface area contributed by atoms with Crippen LogP contribution in [0.2, 0.25) is 0 Å². The van der Waals surface area contributed by atoms with Crippen LogP contribution in [0.25, 0.3) is 0 Å². The van der Waals surface area contributed by atoms with Gasteiger partial charge in [-0.15, -0.1) is 0 Å². The number of rotatable bonds is 6. The van der Waals surface area contributed by atoms with Crippen molar-refractivity contribution in [2.75, 3.05) is 52.9 Å². The smallest absolute Gasteiger partial charge is 0.157 e. The fraction of sp³-hybridized carbons (Fsp3) is 0.842. The predicted octanol–water partition coefficient (Wildman–Crippen LogP) is 1.69. The van der Waals surface area contributed by atoms with Crippen molar-refractivity contribution in [2.24, 2.45) is 11.8 Å². The van der Waals surface area contributed by atoms with Crippen molar-refractivity contribution in [1.82, 2.24) is 14.5 Å². The molecule has 26 heavy (non-hydrogen) atoms. The number of hydrogen-bond acceptors (Lipinski definition) is 6. The van der Waals surface area contributed by atoms with E-state index in [4.69, 9.17) is 18.9 Å². The molecule has 0 bridgehead atoms. The summed E-state index contributed by atoms with van der Waals surface area (Å²) >= 11 is 0. The van der Waals surface area contributed by atoms with Gasteiger partial charge in [-0.05, 0) is 25.3 Å². The van der Waals surface area contributed by atoms with Gasteiger partial charge in [-0.25, -0.2) is 4.98 Å². The molecule has 0 amide bonds. The number of nitrogens with zero attached hydrogens (tertiary/aromatic N) is 3. The lowest BCUT2D eigenvalue weighted by molar-refractivity contribution is -0.188. The normalized spacial score (nSPS) is 31.5. The van der Waals surface area contributed by atoms with E-state index in [0.717, 1.165) is 45.1 Å². The Bertz CT molecular complexity index is 553. The van der Waals surface area contributed by atoms with Crippen molar-refractivity contribution in [3.05, 3.63) is 18.2 Å². The van der Waals surface area contributed by atoms with Crippen molar-refractivity contribution < 1.29 is 18.9 Å². The average Bonchev–Trinajstić information content (AvgIpc) is 3.32. The van der Waals surface area contributed by atoms with Crippen molar-refractivity contribution in [2.45, 2.75) is 38.5 Å². The standard InChI is InChI=1S/C19H31N3O4/c1-2-18-25-12-17(13-26-18)19-20-4-6-22(19)9-15-3-5-21(7-15)8-16-10-23-14-24-11-16/h4,6,15-18H,2-3,5,7-14H2,1H3. The second kappa shape index (κ2) is 8.80. The van der Waals surface area contributed by atoms with Gasteiger partial charge in [-0.3, -0.25) is 0 Å². The minimum Gasteiger partial charge on any atom is -0.355 e. The van der Waals surface area contributed by atoms with E-state index in [-0.39, 0.29) is 12.2 Å². The number of imidazole rings is 1. The van der Waals surface area contributed by atoms with Gasteiger partial charge in [0.1, 0.15) is 12.6 Å². The highest BCUT2D eigenvalue weighted by Crippen LogP contribution is 2.25. The van der Waals surface area contributed by atoms with Gasteiger partial charge in [0.2, 0.25) is 0 Å². The average molecular weight is 365 g/mol. The quantitative estimate of drug-likeness (QED) is 0.765. The lowest BCUT2D eigenvalue weighted by Crippen LogP contribution is -2.35.